The van der Waals surface area contributed by atoms with Gasteiger partial charge in [0, 0.05) is 19.0 Å². The van der Waals surface area contributed by atoms with Gasteiger partial charge in [-0.25, -0.2) is 4.98 Å². The Bertz CT molecular complexity index is 629. The molecule has 1 amide bonds. The first-order valence-corrected chi connectivity index (χ1v) is 7.51. The van der Waals surface area contributed by atoms with Crippen molar-refractivity contribution in [1.82, 2.24) is 14.9 Å². The van der Waals surface area contributed by atoms with Crippen LogP contribution >= 0.6 is 11.6 Å². The lowest BCUT2D eigenvalue weighted by molar-refractivity contribution is -0.129. The molecule has 1 aromatic carbocycles. The SMILES string of the molecule is Cc1ccc2nc(C3CCN(C(=O)CCl)CC3)[nH]c2c1. The summed E-state index contributed by atoms with van der Waals surface area (Å²) >= 11 is 5.60. The first kappa shape index (κ1) is 13.4. The molecule has 1 aliphatic rings. The number of aryl methyl sites for hydroxylation is 1. The monoisotopic (exact) mass is 291 g/mol. The Kier molecular flexibility index (Phi) is 3.66. The van der Waals surface area contributed by atoms with Gasteiger partial charge in [-0.2, -0.15) is 0 Å². The summed E-state index contributed by atoms with van der Waals surface area (Å²) in [5.74, 6) is 1.56. The summed E-state index contributed by atoms with van der Waals surface area (Å²) in [5.41, 5.74) is 3.35. The van der Waals surface area contributed by atoms with Crippen LogP contribution in [0.15, 0.2) is 18.2 Å². The fraction of sp³-hybridized carbons (Fsp3) is 0.467. The number of nitrogens with one attached hydrogen (secondary N) is 1. The molecule has 20 heavy (non-hydrogen) atoms. The van der Waals surface area contributed by atoms with Gasteiger partial charge >= 0.3 is 0 Å². The molecular weight excluding hydrogens is 274 g/mol. The van der Waals surface area contributed by atoms with Crippen molar-refractivity contribution in [3.63, 3.8) is 0 Å². The summed E-state index contributed by atoms with van der Waals surface area (Å²) in [5, 5.41) is 0. The molecule has 1 saturated heterocycles. The summed E-state index contributed by atoms with van der Waals surface area (Å²) in [6, 6.07) is 6.25. The maximum absolute atomic E-state index is 11.6. The molecular formula is C15H18ClN3O. The van der Waals surface area contributed by atoms with Gasteiger partial charge in [0.15, 0.2) is 0 Å². The minimum absolute atomic E-state index is 0.0327. The van der Waals surface area contributed by atoms with Crippen LogP contribution in [-0.4, -0.2) is 39.7 Å². The predicted molar refractivity (Wildman–Crippen MR) is 80.1 cm³/mol. The van der Waals surface area contributed by atoms with Gasteiger partial charge in [-0.05, 0) is 37.5 Å². The highest BCUT2D eigenvalue weighted by Gasteiger charge is 2.25. The first-order chi connectivity index (χ1) is 9.67. The highest BCUT2D eigenvalue weighted by molar-refractivity contribution is 6.27. The minimum Gasteiger partial charge on any atom is -0.342 e. The Morgan fingerprint density at radius 1 is 1.45 bits per heavy atom. The van der Waals surface area contributed by atoms with Crippen molar-refractivity contribution < 1.29 is 4.79 Å². The van der Waals surface area contributed by atoms with E-state index >= 15 is 0 Å². The number of halogens is 1. The number of nitrogens with zero attached hydrogens (tertiary/aromatic N) is 2. The van der Waals surface area contributed by atoms with Crippen LogP contribution in [-0.2, 0) is 4.79 Å². The number of benzene rings is 1. The van der Waals surface area contributed by atoms with Crippen LogP contribution in [0.3, 0.4) is 0 Å². The van der Waals surface area contributed by atoms with Gasteiger partial charge in [-0.3, -0.25) is 4.79 Å². The second kappa shape index (κ2) is 5.44. The Balaban J connectivity index is 1.75. The molecule has 106 valence electrons. The normalized spacial score (nSPS) is 16.8. The molecule has 5 heteroatoms. The van der Waals surface area contributed by atoms with E-state index in [1.165, 1.54) is 5.56 Å². The molecule has 2 aromatic rings. The lowest BCUT2D eigenvalue weighted by Crippen LogP contribution is -2.38. The number of carbonyl (C=O) groups is 1. The van der Waals surface area contributed by atoms with Crippen LogP contribution in [0.25, 0.3) is 11.0 Å². The largest absolute Gasteiger partial charge is 0.342 e. The lowest BCUT2D eigenvalue weighted by Gasteiger charge is -2.30. The van der Waals surface area contributed by atoms with E-state index in [1.54, 1.807) is 0 Å². The molecule has 1 aromatic heterocycles. The number of imidazole rings is 1. The molecule has 1 N–H and O–H groups in total. The molecule has 3 rings (SSSR count). The number of alkyl halides is 1. The molecule has 1 fully saturated rings. The Hall–Kier alpha value is -1.55. The summed E-state index contributed by atoms with van der Waals surface area (Å²) in [6.07, 6.45) is 1.89. The van der Waals surface area contributed by atoms with Crippen molar-refractivity contribution in [2.24, 2.45) is 0 Å². The number of fused-ring (bicyclic) bond motifs is 1. The highest BCUT2D eigenvalue weighted by atomic mass is 35.5. The molecule has 4 nitrogen and oxygen atoms in total. The number of rotatable bonds is 2. The van der Waals surface area contributed by atoms with E-state index in [0.717, 1.165) is 42.8 Å². The molecule has 0 radical (unpaired) electrons. The van der Waals surface area contributed by atoms with Gasteiger partial charge in [0.25, 0.3) is 0 Å². The zero-order valence-electron chi connectivity index (χ0n) is 11.5. The second-order valence-electron chi connectivity index (χ2n) is 5.43. The molecule has 0 bridgehead atoms. The van der Waals surface area contributed by atoms with E-state index in [-0.39, 0.29) is 11.8 Å². The smallest absolute Gasteiger partial charge is 0.237 e. The van der Waals surface area contributed by atoms with Crippen LogP contribution in [0.4, 0.5) is 0 Å². The number of aromatic amines is 1. The van der Waals surface area contributed by atoms with Crippen molar-refractivity contribution >= 4 is 28.5 Å². The molecule has 2 heterocycles. The van der Waals surface area contributed by atoms with E-state index in [2.05, 4.69) is 35.1 Å². The molecule has 0 aliphatic carbocycles. The standard InChI is InChI=1S/C15H18ClN3O/c1-10-2-3-12-13(8-10)18-15(17-12)11-4-6-19(7-5-11)14(20)9-16/h2-3,8,11H,4-7,9H2,1H3,(H,17,18). The average Bonchev–Trinajstić information content (AvgIpc) is 2.89. The fourth-order valence-corrected chi connectivity index (χ4v) is 2.99. The molecule has 0 saturated carbocycles. The molecule has 0 unspecified atom stereocenters. The second-order valence-corrected chi connectivity index (χ2v) is 5.70. The van der Waals surface area contributed by atoms with Crippen LogP contribution in [0.1, 0.15) is 30.1 Å². The van der Waals surface area contributed by atoms with Gasteiger partial charge in [0.1, 0.15) is 11.7 Å². The maximum Gasteiger partial charge on any atom is 0.237 e. The van der Waals surface area contributed by atoms with E-state index < -0.39 is 0 Å². The third-order valence-corrected chi connectivity index (χ3v) is 4.23. The number of hydrogen-bond donors (Lipinski definition) is 1. The minimum atomic E-state index is 0.0327. The van der Waals surface area contributed by atoms with Crippen LogP contribution in [0, 0.1) is 6.92 Å². The number of likely N-dealkylation sites (tertiary alicyclic amines) is 1. The number of H-pyrrole nitrogens is 1. The maximum atomic E-state index is 11.6. The zero-order valence-corrected chi connectivity index (χ0v) is 12.3. The van der Waals surface area contributed by atoms with Gasteiger partial charge in [-0.15, -0.1) is 11.6 Å². The van der Waals surface area contributed by atoms with E-state index in [1.807, 2.05) is 4.90 Å². The Morgan fingerprint density at radius 2 is 2.20 bits per heavy atom. The lowest BCUT2D eigenvalue weighted by atomic mass is 9.96. The number of hydrogen-bond acceptors (Lipinski definition) is 2. The fourth-order valence-electron chi connectivity index (χ4n) is 2.82. The zero-order chi connectivity index (χ0) is 14.1. The highest BCUT2D eigenvalue weighted by Crippen LogP contribution is 2.28. The third kappa shape index (κ3) is 2.52. The molecule has 1 aliphatic heterocycles. The number of carbonyl (C=O) groups excluding carboxylic acids is 1. The average molecular weight is 292 g/mol. The summed E-state index contributed by atoms with van der Waals surface area (Å²) in [4.78, 5) is 21.5. The summed E-state index contributed by atoms with van der Waals surface area (Å²) in [7, 11) is 0. The molecule has 0 spiro atoms. The van der Waals surface area contributed by atoms with Gasteiger partial charge in [-0.1, -0.05) is 6.07 Å². The van der Waals surface area contributed by atoms with Gasteiger partial charge < -0.3 is 9.88 Å². The quantitative estimate of drug-likeness (QED) is 0.865. The first-order valence-electron chi connectivity index (χ1n) is 6.97. The van der Waals surface area contributed by atoms with E-state index in [0.29, 0.717) is 5.92 Å². The molecule has 0 atom stereocenters. The Morgan fingerprint density at radius 3 is 2.90 bits per heavy atom. The number of piperidine rings is 1. The summed E-state index contributed by atoms with van der Waals surface area (Å²) < 4.78 is 0. The van der Waals surface area contributed by atoms with Crippen LogP contribution in [0.5, 0.6) is 0 Å². The summed E-state index contributed by atoms with van der Waals surface area (Å²) in [6.45, 7) is 3.62. The van der Waals surface area contributed by atoms with Crippen molar-refractivity contribution in [3.8, 4) is 0 Å². The van der Waals surface area contributed by atoms with Crippen molar-refractivity contribution in [1.29, 1.82) is 0 Å². The van der Waals surface area contributed by atoms with E-state index in [4.69, 9.17) is 11.6 Å². The van der Waals surface area contributed by atoms with Gasteiger partial charge in [0.2, 0.25) is 5.91 Å². The predicted octanol–water partition coefficient (Wildman–Crippen LogP) is 2.82. The van der Waals surface area contributed by atoms with Crippen molar-refractivity contribution in [2.45, 2.75) is 25.7 Å². The van der Waals surface area contributed by atoms with E-state index in [9.17, 15) is 4.79 Å². The van der Waals surface area contributed by atoms with Crippen LogP contribution in [0.2, 0.25) is 0 Å². The van der Waals surface area contributed by atoms with Gasteiger partial charge in [0.05, 0.1) is 11.0 Å². The third-order valence-electron chi connectivity index (χ3n) is 4.00. The number of aromatic nitrogens is 2. The van der Waals surface area contributed by atoms with Crippen molar-refractivity contribution in [2.75, 3.05) is 19.0 Å². The topological polar surface area (TPSA) is 49.0 Å². The van der Waals surface area contributed by atoms with Crippen molar-refractivity contribution in [3.05, 3.63) is 29.6 Å². The number of amides is 1. The van der Waals surface area contributed by atoms with Crippen LogP contribution < -0.4 is 0 Å². The Labute approximate surface area is 123 Å².